The van der Waals surface area contributed by atoms with Crippen molar-refractivity contribution in [1.29, 1.82) is 0 Å². The molecule has 0 radical (unpaired) electrons. The Morgan fingerprint density at radius 3 is 2.35 bits per heavy atom. The highest BCUT2D eigenvalue weighted by molar-refractivity contribution is 7.81. The number of aryl methyl sites for hydroxylation is 1. The van der Waals surface area contributed by atoms with Crippen LogP contribution in [0.4, 0.5) is 11.4 Å². The maximum absolute atomic E-state index is 12.3. The van der Waals surface area contributed by atoms with Crippen molar-refractivity contribution < 1.29 is 4.79 Å². The molecular formula is C16H14N2OS. The first-order valence-electron chi connectivity index (χ1n) is 6.43. The molecular weight excluding hydrogens is 268 g/mol. The van der Waals surface area contributed by atoms with Crippen LogP contribution in [0.1, 0.15) is 5.56 Å². The van der Waals surface area contributed by atoms with Crippen LogP contribution in [0.15, 0.2) is 54.6 Å². The van der Waals surface area contributed by atoms with Crippen LogP contribution in [-0.2, 0) is 4.79 Å². The van der Waals surface area contributed by atoms with Crippen LogP contribution in [0, 0.1) is 6.92 Å². The number of carbonyl (C=O) groups excluding carboxylic acids is 1. The molecule has 20 heavy (non-hydrogen) atoms. The van der Waals surface area contributed by atoms with Gasteiger partial charge in [0.15, 0.2) is 5.11 Å². The standard InChI is InChI=1S/C16H14N2OS/c1-12-7-5-6-10-14(12)17-11-15(19)18(16(17)20)13-8-3-2-4-9-13/h2-10H,11H2,1H3. The topological polar surface area (TPSA) is 23.6 Å². The summed E-state index contributed by atoms with van der Waals surface area (Å²) >= 11 is 5.49. The van der Waals surface area contributed by atoms with E-state index < -0.39 is 0 Å². The zero-order valence-electron chi connectivity index (χ0n) is 11.1. The van der Waals surface area contributed by atoms with Crippen LogP contribution in [0.3, 0.4) is 0 Å². The van der Waals surface area contributed by atoms with Crippen LogP contribution in [0.25, 0.3) is 0 Å². The van der Waals surface area contributed by atoms with E-state index in [1.165, 1.54) is 0 Å². The summed E-state index contributed by atoms with van der Waals surface area (Å²) in [6, 6.07) is 17.5. The van der Waals surface area contributed by atoms with E-state index in [2.05, 4.69) is 0 Å². The van der Waals surface area contributed by atoms with Crippen LogP contribution in [0.2, 0.25) is 0 Å². The number of para-hydroxylation sites is 2. The van der Waals surface area contributed by atoms with E-state index >= 15 is 0 Å². The fourth-order valence-electron chi connectivity index (χ4n) is 2.39. The van der Waals surface area contributed by atoms with Gasteiger partial charge >= 0.3 is 0 Å². The van der Waals surface area contributed by atoms with E-state index in [-0.39, 0.29) is 5.91 Å². The minimum absolute atomic E-state index is 0.00412. The van der Waals surface area contributed by atoms with Gasteiger partial charge < -0.3 is 4.90 Å². The van der Waals surface area contributed by atoms with E-state index in [4.69, 9.17) is 12.2 Å². The van der Waals surface area contributed by atoms with Gasteiger partial charge in [-0.3, -0.25) is 9.69 Å². The number of benzene rings is 2. The number of nitrogens with zero attached hydrogens (tertiary/aromatic N) is 2. The molecule has 0 saturated carbocycles. The lowest BCUT2D eigenvalue weighted by Crippen LogP contribution is -2.32. The summed E-state index contributed by atoms with van der Waals surface area (Å²) in [6.07, 6.45) is 0. The van der Waals surface area contributed by atoms with Crippen molar-refractivity contribution in [1.82, 2.24) is 0 Å². The van der Waals surface area contributed by atoms with Gasteiger partial charge in [0.05, 0.1) is 5.69 Å². The highest BCUT2D eigenvalue weighted by Gasteiger charge is 2.35. The average molecular weight is 282 g/mol. The van der Waals surface area contributed by atoms with Crippen molar-refractivity contribution in [2.24, 2.45) is 0 Å². The second-order valence-electron chi connectivity index (χ2n) is 4.72. The van der Waals surface area contributed by atoms with Crippen molar-refractivity contribution in [3.05, 3.63) is 60.2 Å². The summed E-state index contributed by atoms with van der Waals surface area (Å²) in [5.41, 5.74) is 2.92. The molecule has 1 aliphatic heterocycles. The lowest BCUT2D eigenvalue weighted by molar-refractivity contribution is -0.115. The lowest BCUT2D eigenvalue weighted by Gasteiger charge is -2.21. The predicted octanol–water partition coefficient (Wildman–Crippen LogP) is 3.13. The quantitative estimate of drug-likeness (QED) is 0.791. The number of hydrogen-bond acceptors (Lipinski definition) is 2. The van der Waals surface area contributed by atoms with E-state index in [0.29, 0.717) is 11.7 Å². The largest absolute Gasteiger partial charge is 0.309 e. The molecule has 1 heterocycles. The number of anilines is 2. The SMILES string of the molecule is Cc1ccccc1N1CC(=O)N(c2ccccc2)C1=S. The first kappa shape index (κ1) is 12.8. The van der Waals surface area contributed by atoms with Gasteiger partial charge in [-0.2, -0.15) is 0 Å². The normalized spacial score (nSPS) is 15.1. The third-order valence-corrected chi connectivity index (χ3v) is 3.79. The van der Waals surface area contributed by atoms with Gasteiger partial charge in [0.25, 0.3) is 5.91 Å². The van der Waals surface area contributed by atoms with Crippen molar-refractivity contribution in [2.75, 3.05) is 16.3 Å². The van der Waals surface area contributed by atoms with Crippen LogP contribution < -0.4 is 9.80 Å². The second-order valence-corrected chi connectivity index (χ2v) is 5.09. The number of hydrogen-bond donors (Lipinski definition) is 0. The van der Waals surface area contributed by atoms with Crippen molar-refractivity contribution in [3.8, 4) is 0 Å². The molecule has 0 aromatic heterocycles. The minimum atomic E-state index is 0.00412. The number of carbonyl (C=O) groups is 1. The molecule has 0 unspecified atom stereocenters. The summed E-state index contributed by atoms with van der Waals surface area (Å²) in [5, 5.41) is 0.538. The Labute approximate surface area is 123 Å². The number of rotatable bonds is 2. The smallest absolute Gasteiger partial charge is 0.253 e. The van der Waals surface area contributed by atoms with E-state index in [1.807, 2.05) is 66.4 Å². The van der Waals surface area contributed by atoms with Gasteiger partial charge in [0.1, 0.15) is 6.54 Å². The minimum Gasteiger partial charge on any atom is -0.309 e. The van der Waals surface area contributed by atoms with Crippen molar-refractivity contribution in [2.45, 2.75) is 6.92 Å². The highest BCUT2D eigenvalue weighted by atomic mass is 32.1. The molecule has 0 bridgehead atoms. The average Bonchev–Trinajstić information content (AvgIpc) is 2.75. The molecule has 100 valence electrons. The molecule has 0 N–H and O–H groups in total. The van der Waals surface area contributed by atoms with Gasteiger partial charge in [-0.15, -0.1) is 0 Å². The molecule has 1 aliphatic rings. The first-order chi connectivity index (χ1) is 9.68. The maximum atomic E-state index is 12.3. The Hall–Kier alpha value is -2.20. The summed E-state index contributed by atoms with van der Waals surface area (Å²) in [5.74, 6) is 0.00412. The Kier molecular flexibility index (Phi) is 3.24. The number of thiocarbonyl (C=S) groups is 1. The Morgan fingerprint density at radius 2 is 1.65 bits per heavy atom. The maximum Gasteiger partial charge on any atom is 0.253 e. The van der Waals surface area contributed by atoms with Gasteiger partial charge in [-0.05, 0) is 42.9 Å². The molecule has 1 saturated heterocycles. The van der Waals surface area contributed by atoms with Gasteiger partial charge in [0.2, 0.25) is 0 Å². The molecule has 1 amide bonds. The molecule has 0 spiro atoms. The Balaban J connectivity index is 1.98. The molecule has 0 atom stereocenters. The van der Waals surface area contributed by atoms with E-state index in [9.17, 15) is 4.79 Å². The Morgan fingerprint density at radius 1 is 1.00 bits per heavy atom. The molecule has 0 aliphatic carbocycles. The fourth-order valence-corrected chi connectivity index (χ4v) is 2.76. The second kappa shape index (κ2) is 5.06. The summed E-state index contributed by atoms with van der Waals surface area (Å²) < 4.78 is 0. The van der Waals surface area contributed by atoms with Crippen LogP contribution in [-0.4, -0.2) is 17.6 Å². The summed E-state index contributed by atoms with van der Waals surface area (Å²) in [4.78, 5) is 15.8. The van der Waals surface area contributed by atoms with Crippen molar-refractivity contribution in [3.63, 3.8) is 0 Å². The fraction of sp³-hybridized carbons (Fsp3) is 0.125. The van der Waals surface area contributed by atoms with Gasteiger partial charge in [-0.25, -0.2) is 0 Å². The zero-order valence-corrected chi connectivity index (χ0v) is 11.9. The van der Waals surface area contributed by atoms with Crippen molar-refractivity contribution >= 4 is 34.6 Å². The first-order valence-corrected chi connectivity index (χ1v) is 6.84. The molecule has 2 aromatic rings. The summed E-state index contributed by atoms with van der Waals surface area (Å²) in [7, 11) is 0. The Bertz CT molecular complexity index is 669. The number of amides is 1. The van der Waals surface area contributed by atoms with Gasteiger partial charge in [-0.1, -0.05) is 36.4 Å². The molecule has 1 fully saturated rings. The van der Waals surface area contributed by atoms with Gasteiger partial charge in [0, 0.05) is 5.69 Å². The van der Waals surface area contributed by atoms with E-state index in [0.717, 1.165) is 16.9 Å². The highest BCUT2D eigenvalue weighted by Crippen LogP contribution is 2.27. The third kappa shape index (κ3) is 2.08. The molecule has 2 aromatic carbocycles. The lowest BCUT2D eigenvalue weighted by atomic mass is 10.2. The molecule has 3 nitrogen and oxygen atoms in total. The van der Waals surface area contributed by atoms with Crippen LogP contribution in [0.5, 0.6) is 0 Å². The molecule has 3 rings (SSSR count). The predicted molar refractivity (Wildman–Crippen MR) is 85.1 cm³/mol. The monoisotopic (exact) mass is 282 g/mol. The summed E-state index contributed by atoms with van der Waals surface area (Å²) in [6.45, 7) is 2.31. The zero-order chi connectivity index (χ0) is 14.1. The van der Waals surface area contributed by atoms with E-state index in [1.54, 1.807) is 4.90 Å². The molecule has 4 heteroatoms. The third-order valence-electron chi connectivity index (χ3n) is 3.39. The van der Waals surface area contributed by atoms with Crippen LogP contribution >= 0.6 is 12.2 Å².